The third-order valence-corrected chi connectivity index (χ3v) is 2.33. The Bertz CT molecular complexity index is 377. The average molecular weight is 195 g/mol. The Morgan fingerprint density at radius 3 is 2.14 bits per heavy atom. The predicted octanol–water partition coefficient (Wildman–Crippen LogP) is 2.33. The molecule has 0 saturated heterocycles. The molecule has 1 aromatic rings. The summed E-state index contributed by atoms with van der Waals surface area (Å²) in [4.78, 5) is 11.6. The fourth-order valence-electron chi connectivity index (χ4n) is 1.43. The Morgan fingerprint density at radius 2 is 1.71 bits per heavy atom. The molecule has 0 bridgehead atoms. The van der Waals surface area contributed by atoms with Crippen molar-refractivity contribution < 1.29 is 5.21 Å². The molecule has 0 atom stereocenters. The van der Waals surface area contributed by atoms with Crippen molar-refractivity contribution in [2.45, 2.75) is 39.5 Å². The van der Waals surface area contributed by atoms with Gasteiger partial charge in [0.05, 0.1) is 5.69 Å². The summed E-state index contributed by atoms with van der Waals surface area (Å²) in [6.07, 6.45) is 0. The van der Waals surface area contributed by atoms with Crippen LogP contribution in [0, 0.1) is 0 Å². The zero-order valence-corrected chi connectivity index (χ0v) is 9.11. The van der Waals surface area contributed by atoms with Gasteiger partial charge in [0, 0.05) is 5.56 Å². The van der Waals surface area contributed by atoms with Crippen molar-refractivity contribution in [1.29, 1.82) is 0 Å². The Hall–Kier alpha value is -1.25. The lowest BCUT2D eigenvalue weighted by molar-refractivity contribution is 0.161. The van der Waals surface area contributed by atoms with E-state index < -0.39 is 0 Å². The van der Waals surface area contributed by atoms with Crippen molar-refractivity contribution in [3.8, 4) is 0 Å². The molecule has 0 saturated carbocycles. The summed E-state index contributed by atoms with van der Waals surface area (Å²) in [5, 5.41) is 9.60. The van der Waals surface area contributed by atoms with E-state index in [1.165, 1.54) is 0 Å². The van der Waals surface area contributed by atoms with Crippen LogP contribution in [-0.4, -0.2) is 9.94 Å². The maximum absolute atomic E-state index is 11.6. The molecule has 0 unspecified atom stereocenters. The van der Waals surface area contributed by atoms with Crippen LogP contribution in [0.3, 0.4) is 0 Å². The molecule has 0 fully saturated rings. The predicted molar refractivity (Wildman–Crippen MR) is 56.1 cm³/mol. The SMILES string of the molecule is CC(C)c1ccc(C(C)C)n(O)c1=O. The third kappa shape index (κ3) is 1.81. The van der Waals surface area contributed by atoms with Gasteiger partial charge in [0.2, 0.25) is 0 Å². The standard InChI is InChI=1S/C11H17NO2/c1-7(2)9-5-6-10(8(3)4)12(14)11(9)13/h5-8,14H,1-4H3. The molecular formula is C11H17NO2. The lowest BCUT2D eigenvalue weighted by Gasteiger charge is -2.12. The highest BCUT2D eigenvalue weighted by Crippen LogP contribution is 2.15. The Kier molecular flexibility index (Phi) is 2.99. The van der Waals surface area contributed by atoms with Crippen LogP contribution in [0.1, 0.15) is 50.8 Å². The highest BCUT2D eigenvalue weighted by molar-refractivity contribution is 5.19. The first-order valence-electron chi connectivity index (χ1n) is 4.90. The monoisotopic (exact) mass is 195 g/mol. The normalized spacial score (nSPS) is 11.3. The Balaban J connectivity index is 3.34. The summed E-state index contributed by atoms with van der Waals surface area (Å²) in [6.45, 7) is 7.75. The number of pyridine rings is 1. The van der Waals surface area contributed by atoms with Gasteiger partial charge in [-0.05, 0) is 17.9 Å². The summed E-state index contributed by atoms with van der Waals surface area (Å²) >= 11 is 0. The van der Waals surface area contributed by atoms with Crippen molar-refractivity contribution in [3.05, 3.63) is 33.7 Å². The van der Waals surface area contributed by atoms with Gasteiger partial charge in [0.15, 0.2) is 0 Å². The van der Waals surface area contributed by atoms with E-state index in [0.717, 1.165) is 4.73 Å². The summed E-state index contributed by atoms with van der Waals surface area (Å²) in [5.74, 6) is 0.288. The summed E-state index contributed by atoms with van der Waals surface area (Å²) in [5.41, 5.74) is 1.00. The van der Waals surface area contributed by atoms with E-state index in [1.54, 1.807) is 12.1 Å². The maximum atomic E-state index is 11.6. The summed E-state index contributed by atoms with van der Waals surface area (Å²) in [6, 6.07) is 3.61. The average Bonchev–Trinajstić information content (AvgIpc) is 2.08. The number of hydrogen-bond donors (Lipinski definition) is 1. The van der Waals surface area contributed by atoms with E-state index in [4.69, 9.17) is 0 Å². The molecule has 78 valence electrons. The number of rotatable bonds is 2. The number of nitrogens with zero attached hydrogens (tertiary/aromatic N) is 1. The van der Waals surface area contributed by atoms with Gasteiger partial charge in [-0.2, -0.15) is 4.73 Å². The van der Waals surface area contributed by atoms with Gasteiger partial charge in [0.25, 0.3) is 5.56 Å². The second kappa shape index (κ2) is 3.86. The minimum atomic E-state index is -0.300. The van der Waals surface area contributed by atoms with Gasteiger partial charge in [-0.25, -0.2) is 0 Å². The van der Waals surface area contributed by atoms with Crippen LogP contribution < -0.4 is 5.56 Å². The van der Waals surface area contributed by atoms with Crippen LogP contribution in [-0.2, 0) is 0 Å². The first-order chi connectivity index (χ1) is 6.45. The molecule has 0 amide bonds. The molecule has 1 rings (SSSR count). The summed E-state index contributed by atoms with van der Waals surface area (Å²) < 4.78 is 0.764. The van der Waals surface area contributed by atoms with Crippen LogP contribution >= 0.6 is 0 Å². The molecule has 3 heteroatoms. The molecule has 0 aliphatic heterocycles. The van der Waals surface area contributed by atoms with Crippen molar-refractivity contribution in [3.63, 3.8) is 0 Å². The lowest BCUT2D eigenvalue weighted by atomic mass is 10.0. The van der Waals surface area contributed by atoms with Gasteiger partial charge in [-0.15, -0.1) is 0 Å². The Morgan fingerprint density at radius 1 is 1.14 bits per heavy atom. The van der Waals surface area contributed by atoms with Crippen molar-refractivity contribution in [1.82, 2.24) is 4.73 Å². The van der Waals surface area contributed by atoms with E-state index in [9.17, 15) is 10.0 Å². The first-order valence-corrected chi connectivity index (χ1v) is 4.90. The molecule has 1 N–H and O–H groups in total. The van der Waals surface area contributed by atoms with Gasteiger partial charge in [-0.1, -0.05) is 33.8 Å². The molecule has 0 aliphatic rings. The molecule has 1 heterocycles. The molecule has 0 aliphatic carbocycles. The first kappa shape index (κ1) is 10.8. The van der Waals surface area contributed by atoms with Gasteiger partial charge in [-0.3, -0.25) is 4.79 Å². The van der Waals surface area contributed by atoms with E-state index >= 15 is 0 Å². The van der Waals surface area contributed by atoms with E-state index in [0.29, 0.717) is 11.3 Å². The van der Waals surface area contributed by atoms with Gasteiger partial charge < -0.3 is 5.21 Å². The topological polar surface area (TPSA) is 42.2 Å². The van der Waals surface area contributed by atoms with E-state index in [2.05, 4.69) is 0 Å². The molecule has 3 nitrogen and oxygen atoms in total. The fraction of sp³-hybridized carbons (Fsp3) is 0.545. The van der Waals surface area contributed by atoms with Crippen LogP contribution in [0.4, 0.5) is 0 Å². The smallest absolute Gasteiger partial charge is 0.286 e. The molecule has 14 heavy (non-hydrogen) atoms. The van der Waals surface area contributed by atoms with Crippen molar-refractivity contribution in [2.75, 3.05) is 0 Å². The number of hydrogen-bond acceptors (Lipinski definition) is 2. The zero-order valence-electron chi connectivity index (χ0n) is 9.11. The molecule has 1 aromatic heterocycles. The number of aromatic nitrogens is 1. The molecular weight excluding hydrogens is 178 g/mol. The minimum absolute atomic E-state index is 0.141. The lowest BCUT2D eigenvalue weighted by Crippen LogP contribution is -2.25. The largest absolute Gasteiger partial charge is 0.425 e. The second-order valence-corrected chi connectivity index (χ2v) is 4.14. The highest BCUT2D eigenvalue weighted by Gasteiger charge is 2.12. The molecule has 0 spiro atoms. The second-order valence-electron chi connectivity index (χ2n) is 4.14. The molecule has 0 aromatic carbocycles. The highest BCUT2D eigenvalue weighted by atomic mass is 16.5. The zero-order chi connectivity index (χ0) is 10.9. The van der Waals surface area contributed by atoms with Gasteiger partial charge >= 0.3 is 0 Å². The quantitative estimate of drug-likeness (QED) is 0.736. The van der Waals surface area contributed by atoms with E-state index in [1.807, 2.05) is 27.7 Å². The molecule has 0 radical (unpaired) electrons. The van der Waals surface area contributed by atoms with Crippen molar-refractivity contribution in [2.24, 2.45) is 0 Å². The fourth-order valence-corrected chi connectivity index (χ4v) is 1.43. The minimum Gasteiger partial charge on any atom is -0.425 e. The van der Waals surface area contributed by atoms with Crippen LogP contribution in [0.15, 0.2) is 16.9 Å². The maximum Gasteiger partial charge on any atom is 0.286 e. The third-order valence-electron chi connectivity index (χ3n) is 2.33. The van der Waals surface area contributed by atoms with Crippen LogP contribution in [0.5, 0.6) is 0 Å². The van der Waals surface area contributed by atoms with Crippen LogP contribution in [0.25, 0.3) is 0 Å². The van der Waals surface area contributed by atoms with E-state index in [-0.39, 0.29) is 17.4 Å². The van der Waals surface area contributed by atoms with Crippen LogP contribution in [0.2, 0.25) is 0 Å². The van der Waals surface area contributed by atoms with Gasteiger partial charge in [0.1, 0.15) is 0 Å². The Labute approximate surface area is 84.0 Å². The summed E-state index contributed by atoms with van der Waals surface area (Å²) in [7, 11) is 0. The van der Waals surface area contributed by atoms with Crippen molar-refractivity contribution >= 4 is 0 Å².